The van der Waals surface area contributed by atoms with E-state index >= 15 is 0 Å². The molecular weight excluding hydrogens is 210 g/mol. The predicted octanol–water partition coefficient (Wildman–Crippen LogP) is 1.24. The van der Waals surface area contributed by atoms with Crippen molar-refractivity contribution < 1.29 is 0 Å². The highest BCUT2D eigenvalue weighted by Crippen LogP contribution is 2.12. The van der Waals surface area contributed by atoms with Crippen molar-refractivity contribution in [3.05, 3.63) is 45.3 Å². The zero-order valence-electron chi connectivity index (χ0n) is 8.30. The van der Waals surface area contributed by atoms with E-state index in [1.807, 2.05) is 18.4 Å². The first-order valence-electron chi connectivity index (χ1n) is 4.53. The number of aromatic nitrogens is 2. The SMILES string of the molecule is Cc1cccc(=O)n1Cc1csc(N)n1. The molecule has 4 nitrogen and oxygen atoms in total. The van der Waals surface area contributed by atoms with Gasteiger partial charge in [0, 0.05) is 17.1 Å². The van der Waals surface area contributed by atoms with Gasteiger partial charge < -0.3 is 10.3 Å². The van der Waals surface area contributed by atoms with Gasteiger partial charge in [-0.3, -0.25) is 4.79 Å². The maximum atomic E-state index is 11.6. The maximum Gasteiger partial charge on any atom is 0.251 e. The normalized spacial score (nSPS) is 10.5. The Morgan fingerprint density at radius 2 is 2.33 bits per heavy atom. The molecule has 2 rings (SSSR count). The zero-order chi connectivity index (χ0) is 10.8. The Bertz CT molecular complexity index is 529. The number of aryl methyl sites for hydroxylation is 1. The molecular formula is C10H11N3OS. The third kappa shape index (κ3) is 2.07. The Morgan fingerprint density at radius 1 is 1.53 bits per heavy atom. The fourth-order valence-electron chi connectivity index (χ4n) is 1.38. The second kappa shape index (κ2) is 3.86. The standard InChI is InChI=1S/C10H11N3OS/c1-7-3-2-4-9(14)13(7)5-8-6-15-10(11)12-8/h2-4,6H,5H2,1H3,(H2,11,12). The van der Waals surface area contributed by atoms with Gasteiger partial charge in [0.15, 0.2) is 5.13 Å². The number of rotatable bonds is 2. The molecule has 2 aromatic heterocycles. The van der Waals surface area contributed by atoms with Crippen LogP contribution in [0, 0.1) is 6.92 Å². The van der Waals surface area contributed by atoms with Crippen molar-refractivity contribution in [1.29, 1.82) is 0 Å². The molecule has 0 saturated carbocycles. The lowest BCUT2D eigenvalue weighted by atomic mass is 10.3. The summed E-state index contributed by atoms with van der Waals surface area (Å²) in [6.45, 7) is 2.39. The van der Waals surface area contributed by atoms with Crippen LogP contribution < -0.4 is 11.3 Å². The molecule has 0 aliphatic heterocycles. The molecule has 0 fully saturated rings. The highest BCUT2D eigenvalue weighted by Gasteiger charge is 2.03. The summed E-state index contributed by atoms with van der Waals surface area (Å²) in [5, 5.41) is 2.40. The van der Waals surface area contributed by atoms with Gasteiger partial charge >= 0.3 is 0 Å². The Labute approximate surface area is 91.0 Å². The monoisotopic (exact) mass is 221 g/mol. The minimum absolute atomic E-state index is 0.0124. The van der Waals surface area contributed by atoms with E-state index < -0.39 is 0 Å². The molecule has 0 spiro atoms. The fraction of sp³-hybridized carbons (Fsp3) is 0.200. The number of nitrogens with two attached hydrogens (primary N) is 1. The lowest BCUT2D eigenvalue weighted by Crippen LogP contribution is -2.21. The number of pyridine rings is 1. The third-order valence-electron chi connectivity index (χ3n) is 2.16. The van der Waals surface area contributed by atoms with E-state index in [4.69, 9.17) is 5.73 Å². The van der Waals surface area contributed by atoms with Crippen LogP contribution >= 0.6 is 11.3 Å². The fourth-order valence-corrected chi connectivity index (χ4v) is 1.94. The van der Waals surface area contributed by atoms with Crippen LogP contribution in [0.1, 0.15) is 11.4 Å². The molecule has 0 radical (unpaired) electrons. The van der Waals surface area contributed by atoms with Crippen molar-refractivity contribution in [2.75, 3.05) is 5.73 Å². The quantitative estimate of drug-likeness (QED) is 0.830. The molecule has 0 unspecified atom stereocenters. The second-order valence-corrected chi connectivity index (χ2v) is 4.16. The summed E-state index contributed by atoms with van der Waals surface area (Å²) in [7, 11) is 0. The molecule has 15 heavy (non-hydrogen) atoms. The lowest BCUT2D eigenvalue weighted by molar-refractivity contribution is 0.717. The number of nitrogens with zero attached hydrogens (tertiary/aromatic N) is 2. The molecule has 0 aliphatic rings. The number of anilines is 1. The van der Waals surface area contributed by atoms with Crippen LogP contribution in [0.3, 0.4) is 0 Å². The Hall–Kier alpha value is -1.62. The maximum absolute atomic E-state index is 11.6. The summed E-state index contributed by atoms with van der Waals surface area (Å²) in [6, 6.07) is 5.20. The summed E-state index contributed by atoms with van der Waals surface area (Å²) in [5.41, 5.74) is 7.27. The smallest absolute Gasteiger partial charge is 0.251 e. The molecule has 0 atom stereocenters. The van der Waals surface area contributed by atoms with Gasteiger partial charge in [-0.2, -0.15) is 0 Å². The van der Waals surface area contributed by atoms with Crippen LogP contribution in [0.5, 0.6) is 0 Å². The number of nitrogen functional groups attached to an aromatic ring is 1. The summed E-state index contributed by atoms with van der Waals surface area (Å²) in [5.74, 6) is 0. The molecule has 2 aromatic rings. The molecule has 2 heterocycles. The average molecular weight is 221 g/mol. The minimum Gasteiger partial charge on any atom is -0.375 e. The first kappa shape index (κ1) is 9.92. The van der Waals surface area contributed by atoms with Gasteiger partial charge in [0.2, 0.25) is 0 Å². The summed E-state index contributed by atoms with van der Waals surface area (Å²) < 4.78 is 1.68. The van der Waals surface area contributed by atoms with Crippen LogP contribution in [0.25, 0.3) is 0 Å². The number of thiazole rings is 1. The van der Waals surface area contributed by atoms with E-state index in [0.29, 0.717) is 11.7 Å². The minimum atomic E-state index is -0.0124. The van der Waals surface area contributed by atoms with E-state index in [1.165, 1.54) is 11.3 Å². The van der Waals surface area contributed by atoms with Crippen LogP contribution in [0.15, 0.2) is 28.4 Å². The topological polar surface area (TPSA) is 60.9 Å². The highest BCUT2D eigenvalue weighted by atomic mass is 32.1. The van der Waals surface area contributed by atoms with E-state index in [1.54, 1.807) is 16.7 Å². The zero-order valence-corrected chi connectivity index (χ0v) is 9.12. The third-order valence-corrected chi connectivity index (χ3v) is 2.88. The van der Waals surface area contributed by atoms with Crippen molar-refractivity contribution in [2.24, 2.45) is 0 Å². The molecule has 2 N–H and O–H groups in total. The Morgan fingerprint density at radius 3 is 2.93 bits per heavy atom. The lowest BCUT2D eigenvalue weighted by Gasteiger charge is -2.06. The molecule has 0 aliphatic carbocycles. The van der Waals surface area contributed by atoms with Crippen molar-refractivity contribution in [3.8, 4) is 0 Å². The van der Waals surface area contributed by atoms with Gasteiger partial charge in [0.1, 0.15) is 0 Å². The molecule has 5 heteroatoms. The van der Waals surface area contributed by atoms with Crippen LogP contribution in [-0.4, -0.2) is 9.55 Å². The second-order valence-electron chi connectivity index (χ2n) is 3.27. The molecule has 78 valence electrons. The summed E-state index contributed by atoms with van der Waals surface area (Å²) in [4.78, 5) is 15.7. The van der Waals surface area contributed by atoms with Gasteiger partial charge in [-0.25, -0.2) is 4.98 Å². The van der Waals surface area contributed by atoms with E-state index in [-0.39, 0.29) is 5.56 Å². The van der Waals surface area contributed by atoms with Crippen LogP contribution in [0.4, 0.5) is 5.13 Å². The van der Waals surface area contributed by atoms with Gasteiger partial charge in [-0.15, -0.1) is 11.3 Å². The largest absolute Gasteiger partial charge is 0.375 e. The first-order valence-corrected chi connectivity index (χ1v) is 5.41. The van der Waals surface area contributed by atoms with Crippen molar-refractivity contribution in [1.82, 2.24) is 9.55 Å². The van der Waals surface area contributed by atoms with Gasteiger partial charge in [0.05, 0.1) is 12.2 Å². The highest BCUT2D eigenvalue weighted by molar-refractivity contribution is 7.13. The molecule has 0 bridgehead atoms. The number of hydrogen-bond donors (Lipinski definition) is 1. The van der Waals surface area contributed by atoms with Gasteiger partial charge in [-0.1, -0.05) is 6.07 Å². The number of hydrogen-bond acceptors (Lipinski definition) is 4. The predicted molar refractivity (Wildman–Crippen MR) is 61.1 cm³/mol. The van der Waals surface area contributed by atoms with E-state index in [9.17, 15) is 4.79 Å². The van der Waals surface area contributed by atoms with Crippen LogP contribution in [-0.2, 0) is 6.54 Å². The van der Waals surface area contributed by atoms with Gasteiger partial charge in [-0.05, 0) is 13.0 Å². The molecule has 0 amide bonds. The van der Waals surface area contributed by atoms with E-state index in [2.05, 4.69) is 4.98 Å². The summed E-state index contributed by atoms with van der Waals surface area (Å²) in [6.07, 6.45) is 0. The summed E-state index contributed by atoms with van der Waals surface area (Å²) >= 11 is 1.39. The van der Waals surface area contributed by atoms with Crippen molar-refractivity contribution in [3.63, 3.8) is 0 Å². The van der Waals surface area contributed by atoms with Crippen molar-refractivity contribution >= 4 is 16.5 Å². The molecule has 0 saturated heterocycles. The van der Waals surface area contributed by atoms with Gasteiger partial charge in [0.25, 0.3) is 5.56 Å². The Balaban J connectivity index is 2.36. The van der Waals surface area contributed by atoms with Crippen molar-refractivity contribution in [2.45, 2.75) is 13.5 Å². The molecule has 0 aromatic carbocycles. The van der Waals surface area contributed by atoms with E-state index in [0.717, 1.165) is 11.4 Å². The Kier molecular flexibility index (Phi) is 2.55. The average Bonchev–Trinajstić information content (AvgIpc) is 2.58. The van der Waals surface area contributed by atoms with Crippen LogP contribution in [0.2, 0.25) is 0 Å². The first-order chi connectivity index (χ1) is 7.16.